The van der Waals surface area contributed by atoms with Gasteiger partial charge in [-0.25, -0.2) is 9.97 Å². The van der Waals surface area contributed by atoms with Crippen molar-refractivity contribution in [3.63, 3.8) is 0 Å². The van der Waals surface area contributed by atoms with Crippen molar-refractivity contribution < 1.29 is 4.21 Å². The maximum absolute atomic E-state index is 11.0. The Morgan fingerprint density at radius 2 is 2.35 bits per heavy atom. The van der Waals surface area contributed by atoms with E-state index in [0.29, 0.717) is 5.75 Å². The topological polar surface area (TPSA) is 54.9 Å². The minimum Gasteiger partial charge on any atom is -0.367 e. The molecule has 6 heteroatoms. The summed E-state index contributed by atoms with van der Waals surface area (Å²) >= 11 is 1.61. The molecule has 1 N–H and O–H groups in total. The fraction of sp³-hybridized carbons (Fsp3) is 0.455. The van der Waals surface area contributed by atoms with Gasteiger partial charge < -0.3 is 5.32 Å². The van der Waals surface area contributed by atoms with Crippen LogP contribution in [0.4, 0.5) is 5.82 Å². The van der Waals surface area contributed by atoms with Crippen LogP contribution in [0.1, 0.15) is 13.3 Å². The molecule has 2 unspecified atom stereocenters. The fourth-order valence-corrected chi connectivity index (χ4v) is 2.97. The smallest absolute Gasteiger partial charge is 0.138 e. The highest BCUT2D eigenvalue weighted by molar-refractivity contribution is 7.84. The van der Waals surface area contributed by atoms with Crippen LogP contribution in [0.5, 0.6) is 0 Å². The molecule has 0 saturated carbocycles. The molecule has 0 aromatic carbocycles. The molecule has 17 heavy (non-hydrogen) atoms. The van der Waals surface area contributed by atoms with Gasteiger partial charge in [-0.1, -0.05) is 0 Å². The zero-order chi connectivity index (χ0) is 12.3. The third kappa shape index (κ3) is 3.23. The Morgan fingerprint density at radius 1 is 1.53 bits per heavy atom. The molecule has 0 aliphatic rings. The van der Waals surface area contributed by atoms with Crippen LogP contribution in [0.15, 0.2) is 17.8 Å². The first kappa shape index (κ1) is 12.4. The van der Waals surface area contributed by atoms with Crippen LogP contribution < -0.4 is 5.32 Å². The van der Waals surface area contributed by atoms with Crippen LogP contribution in [-0.4, -0.2) is 32.2 Å². The van der Waals surface area contributed by atoms with Gasteiger partial charge in [-0.2, -0.15) is 0 Å². The Hall–Kier alpha value is -1.01. The second-order valence-electron chi connectivity index (χ2n) is 3.97. The first-order chi connectivity index (χ1) is 8.16. The summed E-state index contributed by atoms with van der Waals surface area (Å²) in [6, 6.07) is 2.28. The van der Waals surface area contributed by atoms with Crippen molar-refractivity contribution in [3.8, 4) is 0 Å². The molecule has 2 rings (SSSR count). The van der Waals surface area contributed by atoms with E-state index in [9.17, 15) is 4.21 Å². The van der Waals surface area contributed by atoms with Gasteiger partial charge in [-0.3, -0.25) is 4.21 Å². The van der Waals surface area contributed by atoms with Gasteiger partial charge in [0.25, 0.3) is 0 Å². The van der Waals surface area contributed by atoms with Crippen molar-refractivity contribution in [2.75, 3.05) is 17.3 Å². The van der Waals surface area contributed by atoms with E-state index in [1.54, 1.807) is 23.9 Å². The van der Waals surface area contributed by atoms with Crippen molar-refractivity contribution in [1.82, 2.24) is 9.97 Å². The number of aromatic nitrogens is 2. The Morgan fingerprint density at radius 3 is 3.12 bits per heavy atom. The lowest BCUT2D eigenvalue weighted by Gasteiger charge is -2.14. The van der Waals surface area contributed by atoms with Gasteiger partial charge in [-0.15, -0.1) is 11.3 Å². The molecule has 92 valence electrons. The predicted molar refractivity (Wildman–Crippen MR) is 74.1 cm³/mol. The number of nitrogens with one attached hydrogen (secondary N) is 1. The number of anilines is 1. The summed E-state index contributed by atoms with van der Waals surface area (Å²) in [6.45, 7) is 2.08. The normalized spacial score (nSPS) is 14.7. The number of hydrogen-bond acceptors (Lipinski definition) is 5. The summed E-state index contributed by atoms with van der Waals surface area (Å²) in [4.78, 5) is 9.45. The van der Waals surface area contributed by atoms with Crippen LogP contribution in [0, 0.1) is 0 Å². The standard InChI is InChI=1S/C11H15N3OS2/c1-8(4-6-17(2)15)14-10-9-3-5-16-11(9)13-7-12-10/h3,5,7-8H,4,6H2,1-2H3,(H,12,13,14). The van der Waals surface area contributed by atoms with Gasteiger partial charge in [0.1, 0.15) is 17.0 Å². The van der Waals surface area contributed by atoms with Crippen LogP contribution in [-0.2, 0) is 10.8 Å². The molecule has 2 aromatic rings. The van der Waals surface area contributed by atoms with Crippen LogP contribution in [0.25, 0.3) is 10.2 Å². The molecule has 0 bridgehead atoms. The van der Waals surface area contributed by atoms with Crippen molar-refractivity contribution in [2.45, 2.75) is 19.4 Å². The molecule has 0 fully saturated rings. The summed E-state index contributed by atoms with van der Waals surface area (Å²) in [7, 11) is -0.734. The highest BCUT2D eigenvalue weighted by atomic mass is 32.2. The molecule has 0 spiro atoms. The van der Waals surface area contributed by atoms with E-state index in [2.05, 4.69) is 22.2 Å². The van der Waals surface area contributed by atoms with E-state index in [1.165, 1.54) is 0 Å². The summed E-state index contributed by atoms with van der Waals surface area (Å²) in [6.07, 6.45) is 4.18. The van der Waals surface area contributed by atoms with E-state index in [4.69, 9.17) is 0 Å². The first-order valence-electron chi connectivity index (χ1n) is 5.41. The molecule has 2 atom stereocenters. The number of thiophene rings is 1. The van der Waals surface area contributed by atoms with E-state index >= 15 is 0 Å². The largest absolute Gasteiger partial charge is 0.367 e. The maximum atomic E-state index is 11.0. The fourth-order valence-electron chi connectivity index (χ4n) is 1.55. The van der Waals surface area contributed by atoms with Gasteiger partial charge in [0.2, 0.25) is 0 Å². The second kappa shape index (κ2) is 5.55. The molecule has 4 nitrogen and oxygen atoms in total. The zero-order valence-electron chi connectivity index (χ0n) is 9.84. The van der Waals surface area contributed by atoms with Crippen molar-refractivity contribution >= 4 is 38.2 Å². The Labute approximate surface area is 107 Å². The van der Waals surface area contributed by atoms with E-state index in [1.807, 2.05) is 11.4 Å². The Balaban J connectivity index is 2.07. The number of nitrogens with zero attached hydrogens (tertiary/aromatic N) is 2. The molecular formula is C11H15N3OS2. The average molecular weight is 269 g/mol. The van der Waals surface area contributed by atoms with E-state index in [0.717, 1.165) is 22.5 Å². The maximum Gasteiger partial charge on any atom is 0.138 e. The molecular weight excluding hydrogens is 254 g/mol. The van der Waals surface area contributed by atoms with Crippen molar-refractivity contribution in [2.24, 2.45) is 0 Å². The second-order valence-corrected chi connectivity index (χ2v) is 6.42. The highest BCUT2D eigenvalue weighted by Gasteiger charge is 2.08. The lowest BCUT2D eigenvalue weighted by Crippen LogP contribution is -2.18. The average Bonchev–Trinajstić information content (AvgIpc) is 2.75. The van der Waals surface area contributed by atoms with Crippen LogP contribution >= 0.6 is 11.3 Å². The van der Waals surface area contributed by atoms with Crippen molar-refractivity contribution in [1.29, 1.82) is 0 Å². The first-order valence-corrected chi connectivity index (χ1v) is 8.02. The highest BCUT2D eigenvalue weighted by Crippen LogP contribution is 2.24. The van der Waals surface area contributed by atoms with Gasteiger partial charge >= 0.3 is 0 Å². The molecule has 0 aliphatic carbocycles. The minimum atomic E-state index is -0.734. The predicted octanol–water partition coefficient (Wildman–Crippen LogP) is 2.26. The lowest BCUT2D eigenvalue weighted by atomic mass is 10.2. The van der Waals surface area contributed by atoms with Crippen molar-refractivity contribution in [3.05, 3.63) is 17.8 Å². The van der Waals surface area contributed by atoms with Gasteiger partial charge in [0.05, 0.1) is 5.39 Å². The Bertz CT molecular complexity index is 526. The minimum absolute atomic E-state index is 0.261. The molecule has 0 aliphatic heterocycles. The van der Waals surface area contributed by atoms with E-state index in [-0.39, 0.29) is 6.04 Å². The zero-order valence-corrected chi connectivity index (χ0v) is 11.5. The summed E-state index contributed by atoms with van der Waals surface area (Å²) in [5.74, 6) is 1.58. The van der Waals surface area contributed by atoms with Crippen LogP contribution in [0.3, 0.4) is 0 Å². The third-order valence-corrected chi connectivity index (χ3v) is 4.11. The Kier molecular flexibility index (Phi) is 4.06. The number of rotatable bonds is 5. The van der Waals surface area contributed by atoms with Gasteiger partial charge in [-0.05, 0) is 24.8 Å². The molecule has 2 aromatic heterocycles. The summed E-state index contributed by atoms with van der Waals surface area (Å²) in [5.41, 5.74) is 0. The summed E-state index contributed by atoms with van der Waals surface area (Å²) in [5, 5.41) is 6.42. The number of fused-ring (bicyclic) bond motifs is 1. The monoisotopic (exact) mass is 269 g/mol. The van der Waals surface area contributed by atoms with E-state index < -0.39 is 10.8 Å². The number of hydrogen-bond donors (Lipinski definition) is 1. The third-order valence-electron chi connectivity index (χ3n) is 2.48. The van der Waals surface area contributed by atoms with Gasteiger partial charge in [0, 0.05) is 28.9 Å². The van der Waals surface area contributed by atoms with Gasteiger partial charge in [0.15, 0.2) is 0 Å². The SMILES string of the molecule is CC(CCS(C)=O)Nc1ncnc2sccc12. The summed E-state index contributed by atoms with van der Waals surface area (Å²) < 4.78 is 11.0. The van der Waals surface area contributed by atoms with Crippen LogP contribution in [0.2, 0.25) is 0 Å². The lowest BCUT2D eigenvalue weighted by molar-refractivity contribution is 0.678. The molecule has 2 heterocycles. The quantitative estimate of drug-likeness (QED) is 0.904. The molecule has 0 amide bonds. The molecule has 0 saturated heterocycles. The molecule has 0 radical (unpaired) electrons.